The number of nitrogens with two attached hydrogens (primary N) is 1. The molecule has 0 amide bonds. The molecule has 8 heteroatoms. The Bertz CT molecular complexity index is 1130. The monoisotopic (exact) mass is 482 g/mol. The third kappa shape index (κ3) is 4.45. The number of nitrogens with zero attached hydrogens (tertiary/aromatic N) is 4. The number of amidine groups is 1. The zero-order valence-corrected chi connectivity index (χ0v) is 21.0. The molecular weight excluding hydrogens is 452 g/mol. The molecule has 0 saturated carbocycles. The average Bonchev–Trinajstić information content (AvgIpc) is 3.17. The van der Waals surface area contributed by atoms with E-state index in [4.69, 9.17) is 29.2 Å². The lowest BCUT2D eigenvalue weighted by molar-refractivity contribution is 0.0856. The number of aryl methyl sites for hydroxylation is 1. The van der Waals surface area contributed by atoms with E-state index in [0.29, 0.717) is 16.6 Å². The standard InChI is InChI=1S/C25H31ClN6S/c1-5-19-15-24(3,17-31-9-8-29-18(31)2)22-14-20(26)6-7-21(22)25(28,16-19)32-12-10-30(11-13-32)23(27)33-4/h1,6-9,14,16,27H,10-13,15,17,28H2,2-4H3. The summed E-state index contributed by atoms with van der Waals surface area (Å²) in [6.45, 7) is 7.96. The first-order chi connectivity index (χ1) is 15.7. The van der Waals surface area contributed by atoms with Crippen molar-refractivity contribution in [2.24, 2.45) is 5.73 Å². The van der Waals surface area contributed by atoms with Crippen LogP contribution in [0.4, 0.5) is 0 Å². The lowest BCUT2D eigenvalue weighted by atomic mass is 9.75. The zero-order valence-electron chi connectivity index (χ0n) is 19.4. The maximum Gasteiger partial charge on any atom is 0.156 e. The Morgan fingerprint density at radius 1 is 1.30 bits per heavy atom. The summed E-state index contributed by atoms with van der Waals surface area (Å²) in [4.78, 5) is 8.79. The summed E-state index contributed by atoms with van der Waals surface area (Å²) < 4.78 is 2.16. The molecule has 2 aromatic rings. The number of halogens is 1. The van der Waals surface area contributed by atoms with Gasteiger partial charge in [-0.2, -0.15) is 0 Å². The van der Waals surface area contributed by atoms with Crippen LogP contribution < -0.4 is 5.73 Å². The average molecular weight is 483 g/mol. The highest BCUT2D eigenvalue weighted by Gasteiger charge is 2.44. The second kappa shape index (κ2) is 9.19. The highest BCUT2D eigenvalue weighted by molar-refractivity contribution is 8.13. The topological polar surface area (TPSA) is 74.2 Å². The molecule has 1 aromatic carbocycles. The van der Waals surface area contributed by atoms with Crippen LogP contribution >= 0.6 is 23.4 Å². The number of piperazine rings is 1. The quantitative estimate of drug-likeness (QED) is 0.395. The molecule has 2 unspecified atom stereocenters. The number of rotatable bonds is 3. The van der Waals surface area contributed by atoms with Crippen LogP contribution in [0.25, 0.3) is 0 Å². The first kappa shape index (κ1) is 23.9. The molecule has 33 heavy (non-hydrogen) atoms. The van der Waals surface area contributed by atoms with Crippen molar-refractivity contribution in [3.63, 3.8) is 0 Å². The van der Waals surface area contributed by atoms with Gasteiger partial charge in [-0.25, -0.2) is 4.98 Å². The van der Waals surface area contributed by atoms with E-state index in [0.717, 1.165) is 55.2 Å². The number of hydrogen-bond acceptors (Lipinski definition) is 5. The highest BCUT2D eigenvalue weighted by Crippen LogP contribution is 2.44. The molecule has 6 nitrogen and oxygen atoms in total. The van der Waals surface area contributed by atoms with Crippen molar-refractivity contribution in [1.29, 1.82) is 5.41 Å². The van der Waals surface area contributed by atoms with Crippen molar-refractivity contribution >= 4 is 28.5 Å². The van der Waals surface area contributed by atoms with Gasteiger partial charge in [0.2, 0.25) is 0 Å². The fourth-order valence-electron chi connectivity index (χ4n) is 5.13. The van der Waals surface area contributed by atoms with E-state index >= 15 is 0 Å². The first-order valence-corrected chi connectivity index (χ1v) is 12.7. The van der Waals surface area contributed by atoms with Crippen LogP contribution in [0.5, 0.6) is 0 Å². The minimum atomic E-state index is -0.850. The fraction of sp³-hybridized carbons (Fsp3) is 0.440. The van der Waals surface area contributed by atoms with Gasteiger partial charge in [0.25, 0.3) is 0 Å². The molecule has 0 radical (unpaired) electrons. The normalized spacial score (nSPS) is 25.7. The molecule has 174 valence electrons. The second-order valence-electron chi connectivity index (χ2n) is 9.15. The Labute approximate surface area is 205 Å². The lowest BCUT2D eigenvalue weighted by Gasteiger charge is -2.45. The summed E-state index contributed by atoms with van der Waals surface area (Å²) >= 11 is 7.99. The third-order valence-electron chi connectivity index (χ3n) is 6.95. The smallest absolute Gasteiger partial charge is 0.156 e. The zero-order chi connectivity index (χ0) is 23.8. The van der Waals surface area contributed by atoms with E-state index in [-0.39, 0.29) is 5.41 Å². The molecule has 3 N–H and O–H groups in total. The molecule has 2 heterocycles. The van der Waals surface area contributed by atoms with Crippen LogP contribution in [0.3, 0.4) is 0 Å². The Balaban J connectivity index is 1.79. The number of benzene rings is 1. The summed E-state index contributed by atoms with van der Waals surface area (Å²) in [6, 6.07) is 6.03. The number of terminal acetylenes is 1. The van der Waals surface area contributed by atoms with Crippen LogP contribution in [0.1, 0.15) is 30.3 Å². The molecule has 1 fully saturated rings. The van der Waals surface area contributed by atoms with Gasteiger partial charge in [0.05, 0.1) is 0 Å². The predicted molar refractivity (Wildman–Crippen MR) is 138 cm³/mol. The number of imidazole rings is 1. The van der Waals surface area contributed by atoms with Crippen LogP contribution in [0.2, 0.25) is 5.02 Å². The van der Waals surface area contributed by atoms with Crippen molar-refractivity contribution in [2.75, 3.05) is 32.4 Å². The summed E-state index contributed by atoms with van der Waals surface area (Å²) in [5.41, 5.74) is 9.14. The number of hydrogen-bond donors (Lipinski definition) is 2. The van der Waals surface area contributed by atoms with Gasteiger partial charge in [0, 0.05) is 61.1 Å². The maximum absolute atomic E-state index is 8.17. The molecule has 2 atom stereocenters. The van der Waals surface area contributed by atoms with Gasteiger partial charge in [-0.15, -0.1) is 6.42 Å². The maximum atomic E-state index is 8.17. The van der Waals surface area contributed by atoms with Gasteiger partial charge in [0.1, 0.15) is 11.5 Å². The molecule has 4 rings (SSSR count). The van der Waals surface area contributed by atoms with E-state index in [2.05, 4.69) is 50.4 Å². The SMILES string of the molecule is C#CC1=CC(N)(N2CCN(C(=N)SC)CC2)c2ccc(Cl)cc2C(C)(Cn2ccnc2C)C1. The van der Waals surface area contributed by atoms with Crippen molar-refractivity contribution < 1.29 is 0 Å². The Kier molecular flexibility index (Phi) is 6.66. The van der Waals surface area contributed by atoms with Crippen molar-refractivity contribution in [2.45, 2.75) is 37.9 Å². The predicted octanol–water partition coefficient (Wildman–Crippen LogP) is 3.79. The van der Waals surface area contributed by atoms with E-state index in [1.807, 2.05) is 31.6 Å². The van der Waals surface area contributed by atoms with E-state index < -0.39 is 5.66 Å². The van der Waals surface area contributed by atoms with Crippen LogP contribution in [0, 0.1) is 24.7 Å². The Morgan fingerprint density at radius 2 is 2.03 bits per heavy atom. The molecular formula is C25H31ClN6S. The van der Waals surface area contributed by atoms with Crippen molar-refractivity contribution in [1.82, 2.24) is 19.4 Å². The van der Waals surface area contributed by atoms with E-state index in [9.17, 15) is 0 Å². The van der Waals surface area contributed by atoms with Gasteiger partial charge in [-0.05, 0) is 48.9 Å². The van der Waals surface area contributed by atoms with Gasteiger partial charge >= 0.3 is 0 Å². The summed E-state index contributed by atoms with van der Waals surface area (Å²) in [7, 11) is 0. The highest BCUT2D eigenvalue weighted by atomic mass is 35.5. The molecule has 2 aliphatic rings. The number of fused-ring (bicyclic) bond motifs is 1. The number of aromatic nitrogens is 2. The van der Waals surface area contributed by atoms with E-state index in [1.165, 1.54) is 11.8 Å². The number of thioether (sulfide) groups is 1. The molecule has 1 aliphatic heterocycles. The minimum absolute atomic E-state index is 0.312. The van der Waals surface area contributed by atoms with Crippen LogP contribution in [-0.2, 0) is 17.6 Å². The Hall–Kier alpha value is -2.24. The van der Waals surface area contributed by atoms with Gasteiger partial charge in [0.15, 0.2) is 5.17 Å². The van der Waals surface area contributed by atoms with Crippen molar-refractivity contribution in [3.8, 4) is 12.3 Å². The second-order valence-corrected chi connectivity index (χ2v) is 10.4. The third-order valence-corrected chi connectivity index (χ3v) is 7.83. The first-order valence-electron chi connectivity index (χ1n) is 11.1. The largest absolute Gasteiger partial charge is 0.349 e. The van der Waals surface area contributed by atoms with Crippen LogP contribution in [-0.4, -0.2) is 57.0 Å². The molecule has 1 aliphatic carbocycles. The van der Waals surface area contributed by atoms with Crippen LogP contribution in [0.15, 0.2) is 42.2 Å². The summed E-state index contributed by atoms with van der Waals surface area (Å²) in [6.07, 6.45) is 14.5. The molecule has 1 saturated heterocycles. The number of nitrogens with one attached hydrogen (secondary N) is 1. The van der Waals surface area contributed by atoms with Gasteiger partial charge in [-0.3, -0.25) is 10.3 Å². The molecule has 0 bridgehead atoms. The Morgan fingerprint density at radius 3 is 2.64 bits per heavy atom. The van der Waals surface area contributed by atoms with Gasteiger partial charge < -0.3 is 15.2 Å². The summed E-state index contributed by atoms with van der Waals surface area (Å²) in [5.74, 6) is 3.88. The van der Waals surface area contributed by atoms with Gasteiger partial charge in [-0.1, -0.05) is 42.3 Å². The lowest BCUT2D eigenvalue weighted by Crippen LogP contribution is -2.59. The van der Waals surface area contributed by atoms with E-state index in [1.54, 1.807) is 0 Å². The number of allylic oxidation sites excluding steroid dienone is 1. The molecule has 0 spiro atoms. The summed E-state index contributed by atoms with van der Waals surface area (Å²) in [5, 5.41) is 9.45. The minimum Gasteiger partial charge on any atom is -0.349 e. The molecule has 1 aromatic heterocycles. The fourth-order valence-corrected chi connectivity index (χ4v) is 5.74. The van der Waals surface area contributed by atoms with Crippen molar-refractivity contribution in [3.05, 3.63) is 64.2 Å².